The fourth-order valence-electron chi connectivity index (χ4n) is 2.56. The molecule has 1 aliphatic heterocycles. The van der Waals surface area contributed by atoms with Crippen molar-refractivity contribution in [3.8, 4) is 0 Å². The molecule has 1 N–H and O–H groups in total. The van der Waals surface area contributed by atoms with Crippen molar-refractivity contribution in [1.29, 1.82) is 0 Å². The number of hydrogen-bond acceptors (Lipinski definition) is 4. The van der Waals surface area contributed by atoms with Crippen molar-refractivity contribution in [2.75, 3.05) is 20.1 Å². The van der Waals surface area contributed by atoms with Gasteiger partial charge in [-0.15, -0.1) is 0 Å². The van der Waals surface area contributed by atoms with Crippen molar-refractivity contribution in [1.82, 2.24) is 14.8 Å². The number of carbonyl (C=O) groups excluding carboxylic acids is 1. The molecule has 1 amide bonds. The van der Waals surface area contributed by atoms with Gasteiger partial charge in [-0.1, -0.05) is 0 Å². The van der Waals surface area contributed by atoms with Crippen molar-refractivity contribution in [2.24, 2.45) is 0 Å². The molecule has 7 nitrogen and oxygen atoms in total. The van der Waals surface area contributed by atoms with Crippen LogP contribution in [-0.2, 0) is 6.54 Å². The highest BCUT2D eigenvalue weighted by molar-refractivity contribution is 5.93. The van der Waals surface area contributed by atoms with Crippen LogP contribution in [0.2, 0.25) is 0 Å². The van der Waals surface area contributed by atoms with Crippen molar-refractivity contribution in [3.05, 3.63) is 28.1 Å². The van der Waals surface area contributed by atoms with Crippen LogP contribution >= 0.6 is 0 Å². The maximum atomic E-state index is 12.4. The molecule has 0 radical (unpaired) electrons. The predicted molar refractivity (Wildman–Crippen MR) is 74.7 cm³/mol. The van der Waals surface area contributed by atoms with E-state index in [1.807, 2.05) is 6.92 Å². The summed E-state index contributed by atoms with van der Waals surface area (Å²) >= 11 is 0. The lowest BCUT2D eigenvalue weighted by Crippen LogP contribution is -2.39. The van der Waals surface area contributed by atoms with Crippen LogP contribution in [0.15, 0.2) is 12.3 Å². The van der Waals surface area contributed by atoms with Crippen LogP contribution in [0.25, 0.3) is 0 Å². The highest BCUT2D eigenvalue weighted by Gasteiger charge is 2.24. The largest absolute Gasteiger partial charge is 0.339 e. The summed E-state index contributed by atoms with van der Waals surface area (Å²) in [6, 6.07) is 1.67. The molecule has 1 saturated heterocycles. The molecular weight excluding hydrogens is 260 g/mol. The Hall–Kier alpha value is -1.89. The van der Waals surface area contributed by atoms with Gasteiger partial charge in [-0.2, -0.15) is 0 Å². The van der Waals surface area contributed by atoms with Gasteiger partial charge >= 0.3 is 0 Å². The number of nitro groups is 1. The molecule has 1 aliphatic rings. The third-order valence-electron chi connectivity index (χ3n) is 3.66. The lowest BCUT2D eigenvalue weighted by Gasteiger charge is -2.21. The molecule has 110 valence electrons. The van der Waals surface area contributed by atoms with Crippen LogP contribution in [-0.4, -0.2) is 46.5 Å². The Morgan fingerprint density at radius 1 is 1.65 bits per heavy atom. The van der Waals surface area contributed by atoms with Gasteiger partial charge in [0.2, 0.25) is 0 Å². The number of aromatic nitrogens is 1. The summed E-state index contributed by atoms with van der Waals surface area (Å²) in [5, 5.41) is 14.1. The number of aryl methyl sites for hydroxylation is 1. The van der Waals surface area contributed by atoms with Gasteiger partial charge in [-0.25, -0.2) is 0 Å². The molecule has 0 aromatic carbocycles. The van der Waals surface area contributed by atoms with E-state index in [0.29, 0.717) is 24.8 Å². The van der Waals surface area contributed by atoms with Crippen LogP contribution in [0.5, 0.6) is 0 Å². The second kappa shape index (κ2) is 6.04. The van der Waals surface area contributed by atoms with E-state index in [4.69, 9.17) is 0 Å². The summed E-state index contributed by atoms with van der Waals surface area (Å²) in [6.45, 7) is 4.01. The molecule has 1 aromatic rings. The Morgan fingerprint density at radius 3 is 2.95 bits per heavy atom. The molecule has 1 atom stereocenters. The van der Waals surface area contributed by atoms with E-state index >= 15 is 0 Å². The van der Waals surface area contributed by atoms with E-state index in [1.54, 1.807) is 16.5 Å². The summed E-state index contributed by atoms with van der Waals surface area (Å²) < 4.78 is 1.62. The normalized spacial score (nSPS) is 18.2. The number of rotatable bonds is 5. The van der Waals surface area contributed by atoms with Gasteiger partial charge in [0.15, 0.2) is 0 Å². The number of carbonyl (C=O) groups is 1. The first kappa shape index (κ1) is 14.5. The van der Waals surface area contributed by atoms with E-state index in [1.165, 1.54) is 12.3 Å². The first-order chi connectivity index (χ1) is 9.52. The van der Waals surface area contributed by atoms with Crippen LogP contribution in [0.1, 0.15) is 30.3 Å². The molecule has 0 saturated carbocycles. The molecule has 2 heterocycles. The van der Waals surface area contributed by atoms with E-state index < -0.39 is 4.92 Å². The molecule has 1 aromatic heterocycles. The number of nitrogens with one attached hydrogen (secondary N) is 1. The Kier molecular flexibility index (Phi) is 4.39. The zero-order chi connectivity index (χ0) is 14.7. The third-order valence-corrected chi connectivity index (χ3v) is 3.66. The van der Waals surface area contributed by atoms with E-state index in [2.05, 4.69) is 5.32 Å². The molecule has 0 bridgehead atoms. The van der Waals surface area contributed by atoms with Gasteiger partial charge in [0.1, 0.15) is 5.69 Å². The van der Waals surface area contributed by atoms with Crippen LogP contribution in [0.3, 0.4) is 0 Å². The molecule has 20 heavy (non-hydrogen) atoms. The second-order valence-electron chi connectivity index (χ2n) is 5.11. The molecule has 0 aliphatic carbocycles. The SMILES string of the molecule is CCn1cc([N+](=O)[O-])cc1C(=O)N(C)CC1CCCN1. The summed E-state index contributed by atoms with van der Waals surface area (Å²) in [5.74, 6) is -0.173. The lowest BCUT2D eigenvalue weighted by atomic mass is 10.2. The smallest absolute Gasteiger partial charge is 0.287 e. The monoisotopic (exact) mass is 280 g/mol. The topological polar surface area (TPSA) is 80.4 Å². The Balaban J connectivity index is 2.12. The Labute approximate surface area is 117 Å². The molecular formula is C13H20N4O3. The zero-order valence-corrected chi connectivity index (χ0v) is 11.8. The molecule has 1 fully saturated rings. The first-order valence-electron chi connectivity index (χ1n) is 6.86. The minimum Gasteiger partial charge on any atom is -0.339 e. The molecule has 7 heteroatoms. The van der Waals surface area contributed by atoms with Crippen LogP contribution in [0.4, 0.5) is 5.69 Å². The zero-order valence-electron chi connectivity index (χ0n) is 11.8. The highest BCUT2D eigenvalue weighted by atomic mass is 16.6. The van der Waals surface area contributed by atoms with Gasteiger partial charge < -0.3 is 14.8 Å². The van der Waals surface area contributed by atoms with Crippen molar-refractivity contribution < 1.29 is 9.72 Å². The van der Waals surface area contributed by atoms with Gasteiger partial charge in [0.05, 0.1) is 11.1 Å². The molecule has 1 unspecified atom stereocenters. The maximum Gasteiger partial charge on any atom is 0.287 e. The van der Waals surface area contributed by atoms with E-state index in [0.717, 1.165) is 19.4 Å². The van der Waals surface area contributed by atoms with Gasteiger partial charge in [0, 0.05) is 32.2 Å². The van der Waals surface area contributed by atoms with Gasteiger partial charge in [-0.05, 0) is 26.3 Å². The Bertz CT molecular complexity index is 506. The van der Waals surface area contributed by atoms with Crippen molar-refractivity contribution in [3.63, 3.8) is 0 Å². The number of nitrogens with zero attached hydrogens (tertiary/aromatic N) is 3. The Morgan fingerprint density at radius 2 is 2.40 bits per heavy atom. The number of hydrogen-bond donors (Lipinski definition) is 1. The number of likely N-dealkylation sites (N-methyl/N-ethyl adjacent to an activating group) is 1. The third kappa shape index (κ3) is 2.98. The standard InChI is InChI=1S/C13H20N4O3/c1-3-16-9-11(17(19)20)7-12(16)13(18)15(2)8-10-5-4-6-14-10/h7,9-10,14H,3-6,8H2,1-2H3. The van der Waals surface area contributed by atoms with E-state index in [-0.39, 0.29) is 11.6 Å². The number of amides is 1. The maximum absolute atomic E-state index is 12.4. The minimum absolute atomic E-state index is 0.0393. The lowest BCUT2D eigenvalue weighted by molar-refractivity contribution is -0.384. The summed E-state index contributed by atoms with van der Waals surface area (Å²) in [5.41, 5.74) is 0.335. The average Bonchev–Trinajstić information content (AvgIpc) is 3.06. The quantitative estimate of drug-likeness (QED) is 0.650. The van der Waals surface area contributed by atoms with Crippen molar-refractivity contribution in [2.45, 2.75) is 32.4 Å². The van der Waals surface area contributed by atoms with E-state index in [9.17, 15) is 14.9 Å². The summed E-state index contributed by atoms with van der Waals surface area (Å²) in [6.07, 6.45) is 3.60. The van der Waals surface area contributed by atoms with Crippen LogP contribution < -0.4 is 5.32 Å². The van der Waals surface area contributed by atoms with Crippen molar-refractivity contribution >= 4 is 11.6 Å². The summed E-state index contributed by atoms with van der Waals surface area (Å²) in [4.78, 5) is 24.4. The second-order valence-corrected chi connectivity index (χ2v) is 5.11. The van der Waals surface area contributed by atoms with Crippen LogP contribution in [0, 0.1) is 10.1 Å². The van der Waals surface area contributed by atoms with Gasteiger partial charge in [0.25, 0.3) is 11.6 Å². The highest BCUT2D eigenvalue weighted by Crippen LogP contribution is 2.18. The minimum atomic E-state index is -0.471. The predicted octanol–water partition coefficient (Wildman–Crippen LogP) is 1.24. The fraction of sp³-hybridized carbons (Fsp3) is 0.615. The summed E-state index contributed by atoms with van der Waals surface area (Å²) in [7, 11) is 1.74. The average molecular weight is 280 g/mol. The molecule has 2 rings (SSSR count). The molecule has 0 spiro atoms. The van der Waals surface area contributed by atoms with Gasteiger partial charge in [-0.3, -0.25) is 14.9 Å². The fourth-order valence-corrected chi connectivity index (χ4v) is 2.56. The first-order valence-corrected chi connectivity index (χ1v) is 6.86.